The van der Waals surface area contributed by atoms with Gasteiger partial charge >= 0.3 is 12.4 Å². The second-order valence-electron chi connectivity index (χ2n) is 7.54. The molecule has 0 spiro atoms. The second kappa shape index (κ2) is 8.16. The minimum Gasteiger partial charge on any atom is -0.371 e. The molecule has 3 atom stereocenters. The molecule has 0 saturated carbocycles. The lowest BCUT2D eigenvalue weighted by atomic mass is 9.88. The summed E-state index contributed by atoms with van der Waals surface area (Å²) in [5, 5.41) is 2.76. The second-order valence-corrected chi connectivity index (χ2v) is 7.54. The molecule has 3 N–H and O–H groups in total. The minimum atomic E-state index is -4.95. The quantitative estimate of drug-likeness (QED) is 0.663. The van der Waals surface area contributed by atoms with Crippen LogP contribution >= 0.6 is 0 Å². The maximum Gasteiger partial charge on any atom is 0.416 e. The van der Waals surface area contributed by atoms with Crippen molar-refractivity contribution in [3.63, 3.8) is 0 Å². The number of amides is 1. The first kappa shape index (κ1) is 23.1. The van der Waals surface area contributed by atoms with Crippen LogP contribution < -0.4 is 11.1 Å². The topological polar surface area (TPSA) is 64.3 Å². The molecule has 31 heavy (non-hydrogen) atoms. The van der Waals surface area contributed by atoms with E-state index in [9.17, 15) is 31.1 Å². The first-order chi connectivity index (χ1) is 14.3. The van der Waals surface area contributed by atoms with E-state index in [0.717, 1.165) is 0 Å². The summed E-state index contributed by atoms with van der Waals surface area (Å²) in [6.07, 6.45) is -10.8. The summed E-state index contributed by atoms with van der Waals surface area (Å²) < 4.78 is 84.5. The van der Waals surface area contributed by atoms with Gasteiger partial charge in [0.25, 0.3) is 0 Å². The van der Waals surface area contributed by atoms with Gasteiger partial charge in [-0.2, -0.15) is 26.3 Å². The number of nitrogens with two attached hydrogens (primary N) is 1. The zero-order valence-corrected chi connectivity index (χ0v) is 16.3. The maximum absolute atomic E-state index is 13.1. The van der Waals surface area contributed by atoms with Crippen LogP contribution in [0.5, 0.6) is 0 Å². The Labute approximate surface area is 174 Å². The van der Waals surface area contributed by atoms with Gasteiger partial charge in [0.15, 0.2) is 0 Å². The number of hydrogen-bond donors (Lipinski definition) is 2. The molecule has 3 unspecified atom stereocenters. The molecule has 1 saturated heterocycles. The number of carbonyl (C=O) groups excluding carboxylic acids is 1. The van der Waals surface area contributed by atoms with Gasteiger partial charge in [0.1, 0.15) is 0 Å². The highest BCUT2D eigenvalue weighted by atomic mass is 19.4. The third kappa shape index (κ3) is 5.01. The summed E-state index contributed by atoms with van der Waals surface area (Å²) in [5.41, 5.74) is 2.35. The molecule has 10 heteroatoms. The predicted molar refractivity (Wildman–Crippen MR) is 99.7 cm³/mol. The van der Waals surface area contributed by atoms with Gasteiger partial charge in [0.05, 0.1) is 35.4 Å². The molecule has 0 aromatic heterocycles. The van der Waals surface area contributed by atoms with Gasteiger partial charge in [-0.15, -0.1) is 0 Å². The summed E-state index contributed by atoms with van der Waals surface area (Å²) in [5.74, 6) is -0.418. The largest absolute Gasteiger partial charge is 0.416 e. The van der Waals surface area contributed by atoms with Gasteiger partial charge in [-0.05, 0) is 36.2 Å². The molecule has 168 valence electrons. The Morgan fingerprint density at radius 1 is 1.06 bits per heavy atom. The number of benzene rings is 2. The monoisotopic (exact) mass is 446 g/mol. The SMILES string of the molecule is CC(OCC1(c2ccccc2)CC(N)C(=O)N1)c1cc(C(F)(F)F)cc(C(F)(F)F)c1. The Balaban J connectivity index is 1.90. The lowest BCUT2D eigenvalue weighted by molar-refractivity contribution is -0.143. The zero-order chi connectivity index (χ0) is 23.0. The lowest BCUT2D eigenvalue weighted by Gasteiger charge is -2.31. The fourth-order valence-corrected chi connectivity index (χ4v) is 3.55. The van der Waals surface area contributed by atoms with Crippen LogP contribution in [0.4, 0.5) is 26.3 Å². The molecular formula is C21H20F6N2O2. The van der Waals surface area contributed by atoms with Crippen molar-refractivity contribution in [1.82, 2.24) is 5.32 Å². The van der Waals surface area contributed by atoms with E-state index < -0.39 is 47.1 Å². The average Bonchev–Trinajstić information content (AvgIpc) is 3.00. The van der Waals surface area contributed by atoms with E-state index in [4.69, 9.17) is 10.5 Å². The molecule has 0 bridgehead atoms. The van der Waals surface area contributed by atoms with Crippen molar-refractivity contribution in [3.05, 3.63) is 70.8 Å². The van der Waals surface area contributed by atoms with Crippen molar-refractivity contribution >= 4 is 5.91 Å². The number of halogens is 6. The van der Waals surface area contributed by atoms with Crippen molar-refractivity contribution in [2.45, 2.75) is 43.4 Å². The van der Waals surface area contributed by atoms with E-state index in [1.54, 1.807) is 30.3 Å². The van der Waals surface area contributed by atoms with E-state index in [1.807, 2.05) is 0 Å². The number of rotatable bonds is 5. The average molecular weight is 446 g/mol. The van der Waals surface area contributed by atoms with E-state index in [2.05, 4.69) is 5.32 Å². The number of alkyl halides is 6. The number of carbonyl (C=O) groups is 1. The molecule has 2 aromatic carbocycles. The van der Waals surface area contributed by atoms with Crippen LogP contribution in [-0.4, -0.2) is 18.6 Å². The molecule has 1 heterocycles. The number of ether oxygens (including phenoxy) is 1. The van der Waals surface area contributed by atoms with E-state index in [0.29, 0.717) is 17.7 Å². The van der Waals surface area contributed by atoms with Crippen molar-refractivity contribution in [2.24, 2.45) is 5.73 Å². The first-order valence-corrected chi connectivity index (χ1v) is 9.36. The highest BCUT2D eigenvalue weighted by molar-refractivity contribution is 5.85. The highest BCUT2D eigenvalue weighted by Gasteiger charge is 2.45. The third-order valence-electron chi connectivity index (χ3n) is 5.25. The smallest absolute Gasteiger partial charge is 0.371 e. The number of hydrogen-bond acceptors (Lipinski definition) is 3. The third-order valence-corrected chi connectivity index (χ3v) is 5.25. The molecule has 1 aliphatic rings. The first-order valence-electron chi connectivity index (χ1n) is 9.36. The van der Waals surface area contributed by atoms with Gasteiger partial charge in [-0.3, -0.25) is 4.79 Å². The molecule has 1 amide bonds. The summed E-state index contributed by atoms with van der Waals surface area (Å²) in [6.45, 7) is 1.17. The summed E-state index contributed by atoms with van der Waals surface area (Å²) in [7, 11) is 0. The predicted octanol–water partition coefficient (Wildman–Crippen LogP) is 4.54. The van der Waals surface area contributed by atoms with Gasteiger partial charge in [-0.1, -0.05) is 30.3 Å². The summed E-state index contributed by atoms with van der Waals surface area (Å²) in [6, 6.07) is 9.22. The van der Waals surface area contributed by atoms with E-state index in [-0.39, 0.29) is 24.7 Å². The van der Waals surface area contributed by atoms with Crippen molar-refractivity contribution in [3.8, 4) is 0 Å². The van der Waals surface area contributed by atoms with Crippen LogP contribution in [0.25, 0.3) is 0 Å². The van der Waals surface area contributed by atoms with Crippen molar-refractivity contribution < 1.29 is 35.9 Å². The zero-order valence-electron chi connectivity index (χ0n) is 16.3. The molecule has 4 nitrogen and oxygen atoms in total. The Bertz CT molecular complexity index is 913. The van der Waals surface area contributed by atoms with E-state index >= 15 is 0 Å². The van der Waals surface area contributed by atoms with Crippen LogP contribution in [0.1, 0.15) is 41.7 Å². The Kier molecular flexibility index (Phi) is 6.07. The van der Waals surface area contributed by atoms with Gasteiger partial charge in [-0.25, -0.2) is 0 Å². The molecule has 0 radical (unpaired) electrons. The lowest BCUT2D eigenvalue weighted by Crippen LogP contribution is -2.43. The van der Waals surface area contributed by atoms with Crippen LogP contribution in [0, 0.1) is 0 Å². The summed E-state index contributed by atoms with van der Waals surface area (Å²) in [4.78, 5) is 12.0. The molecular weight excluding hydrogens is 426 g/mol. The molecule has 1 aliphatic heterocycles. The Hall–Kier alpha value is -2.59. The molecule has 1 fully saturated rings. The van der Waals surface area contributed by atoms with Crippen molar-refractivity contribution in [2.75, 3.05) is 6.61 Å². The Morgan fingerprint density at radius 3 is 2.06 bits per heavy atom. The van der Waals surface area contributed by atoms with Crippen molar-refractivity contribution in [1.29, 1.82) is 0 Å². The van der Waals surface area contributed by atoms with Crippen LogP contribution in [-0.2, 0) is 27.4 Å². The fraction of sp³-hybridized carbons (Fsp3) is 0.381. The normalized spacial score (nSPS) is 23.0. The molecule has 3 rings (SSSR count). The van der Waals surface area contributed by atoms with Crippen LogP contribution in [0.2, 0.25) is 0 Å². The molecule has 2 aromatic rings. The van der Waals surface area contributed by atoms with Crippen LogP contribution in [0.3, 0.4) is 0 Å². The van der Waals surface area contributed by atoms with Crippen LogP contribution in [0.15, 0.2) is 48.5 Å². The number of nitrogens with one attached hydrogen (secondary N) is 1. The Morgan fingerprint density at radius 2 is 1.61 bits per heavy atom. The molecule has 0 aliphatic carbocycles. The maximum atomic E-state index is 13.1. The van der Waals surface area contributed by atoms with Gasteiger partial charge < -0.3 is 15.8 Å². The van der Waals surface area contributed by atoms with Gasteiger partial charge in [0, 0.05) is 6.42 Å². The van der Waals surface area contributed by atoms with E-state index in [1.165, 1.54) is 6.92 Å². The standard InChI is InChI=1S/C21H20F6N2O2/c1-12(13-7-15(20(22,23)24)9-16(8-13)21(25,26)27)31-11-19(10-17(28)18(30)29-19)14-5-3-2-4-6-14/h2-9,12,17H,10-11,28H2,1H3,(H,29,30). The fourth-order valence-electron chi connectivity index (χ4n) is 3.55. The highest BCUT2D eigenvalue weighted by Crippen LogP contribution is 2.39. The van der Waals surface area contributed by atoms with Gasteiger partial charge in [0.2, 0.25) is 5.91 Å². The summed E-state index contributed by atoms with van der Waals surface area (Å²) >= 11 is 0. The minimum absolute atomic E-state index is 0.0674.